The molecule has 2 N–H and O–H groups in total. The van der Waals surface area contributed by atoms with Crippen LogP contribution in [0.2, 0.25) is 5.02 Å². The second-order valence-electron chi connectivity index (χ2n) is 6.02. The van der Waals surface area contributed by atoms with Crippen LogP contribution in [0.3, 0.4) is 0 Å². The molecular weight excluding hydrogens is 314 g/mol. The zero-order chi connectivity index (χ0) is 16.2. The number of rotatable bonds is 4. The van der Waals surface area contributed by atoms with Crippen LogP contribution < -0.4 is 5.32 Å². The number of H-pyrrole nitrogens is 1. The minimum absolute atomic E-state index is 0.0872. The third-order valence-electron chi connectivity index (χ3n) is 4.41. The van der Waals surface area contributed by atoms with Gasteiger partial charge >= 0.3 is 0 Å². The molecule has 0 bridgehead atoms. The lowest BCUT2D eigenvalue weighted by Crippen LogP contribution is -2.38. The van der Waals surface area contributed by atoms with E-state index in [0.717, 1.165) is 36.6 Å². The quantitative estimate of drug-likeness (QED) is 0.484. The molecule has 2 aromatic rings. The minimum atomic E-state index is -0.0872. The average Bonchev–Trinajstić information content (AvgIpc) is 2.97. The number of carbonyl (C=O) groups excluding carboxylic acids is 1. The van der Waals surface area contributed by atoms with Gasteiger partial charge in [0, 0.05) is 33.4 Å². The summed E-state index contributed by atoms with van der Waals surface area (Å²) in [7, 11) is 0. The van der Waals surface area contributed by atoms with Crippen LogP contribution in [0, 0.1) is 5.92 Å². The van der Waals surface area contributed by atoms with Crippen molar-refractivity contribution >= 4 is 28.4 Å². The standard InChI is InChI=1S/C16H18ClN5O/c17-12-3-6-14-11(7-12)8-15(21-14)16(23)20-13-4-1-10(2-5-13)9-19-22-18/h3,6-8,10,13,21H,1-2,4-5,9H2,(H,20,23). The Hall–Kier alpha value is -2.17. The van der Waals surface area contributed by atoms with Gasteiger partial charge in [-0.1, -0.05) is 16.7 Å². The molecule has 0 unspecified atom stereocenters. The van der Waals surface area contributed by atoms with Gasteiger partial charge in [-0.3, -0.25) is 4.79 Å². The fourth-order valence-corrected chi connectivity index (χ4v) is 3.31. The Morgan fingerprint density at radius 1 is 1.35 bits per heavy atom. The van der Waals surface area contributed by atoms with Crippen LogP contribution in [-0.2, 0) is 0 Å². The van der Waals surface area contributed by atoms with Crippen molar-refractivity contribution in [2.75, 3.05) is 6.54 Å². The average molecular weight is 332 g/mol. The number of nitrogens with one attached hydrogen (secondary N) is 2. The van der Waals surface area contributed by atoms with Gasteiger partial charge in [0.15, 0.2) is 0 Å². The van der Waals surface area contributed by atoms with E-state index in [9.17, 15) is 4.79 Å². The molecule has 0 aliphatic heterocycles. The molecule has 1 aliphatic carbocycles. The van der Waals surface area contributed by atoms with Gasteiger partial charge in [0.1, 0.15) is 5.69 Å². The van der Waals surface area contributed by atoms with E-state index in [1.54, 1.807) is 6.07 Å². The minimum Gasteiger partial charge on any atom is -0.351 e. The van der Waals surface area contributed by atoms with Gasteiger partial charge in [-0.05, 0) is 61.4 Å². The largest absolute Gasteiger partial charge is 0.351 e. The zero-order valence-electron chi connectivity index (χ0n) is 12.6. The predicted octanol–water partition coefficient (Wildman–Crippen LogP) is 4.42. The fourth-order valence-electron chi connectivity index (χ4n) is 3.13. The number of nitrogens with zero attached hydrogens (tertiary/aromatic N) is 3. The van der Waals surface area contributed by atoms with Crippen LogP contribution in [0.4, 0.5) is 0 Å². The van der Waals surface area contributed by atoms with E-state index in [1.165, 1.54) is 0 Å². The summed E-state index contributed by atoms with van der Waals surface area (Å²) in [6, 6.07) is 7.51. The number of carbonyl (C=O) groups is 1. The topological polar surface area (TPSA) is 93.7 Å². The van der Waals surface area contributed by atoms with Crippen LogP contribution >= 0.6 is 11.6 Å². The van der Waals surface area contributed by atoms with Crippen LogP contribution in [0.5, 0.6) is 0 Å². The van der Waals surface area contributed by atoms with E-state index < -0.39 is 0 Å². The number of benzene rings is 1. The molecule has 0 radical (unpaired) electrons. The highest BCUT2D eigenvalue weighted by Gasteiger charge is 2.22. The van der Waals surface area contributed by atoms with Gasteiger partial charge in [-0.25, -0.2) is 0 Å². The predicted molar refractivity (Wildman–Crippen MR) is 90.5 cm³/mol. The maximum atomic E-state index is 12.4. The third kappa shape index (κ3) is 3.78. The van der Waals surface area contributed by atoms with E-state index >= 15 is 0 Å². The Morgan fingerprint density at radius 2 is 2.13 bits per heavy atom. The lowest BCUT2D eigenvalue weighted by atomic mass is 9.86. The van der Waals surface area contributed by atoms with Crippen LogP contribution in [0.15, 0.2) is 29.4 Å². The first-order chi connectivity index (χ1) is 11.2. The highest BCUT2D eigenvalue weighted by atomic mass is 35.5. The Labute approximate surface area is 138 Å². The highest BCUT2D eigenvalue weighted by Crippen LogP contribution is 2.25. The number of hydrogen-bond acceptors (Lipinski definition) is 2. The van der Waals surface area contributed by atoms with Gasteiger partial charge in [-0.15, -0.1) is 0 Å². The fraction of sp³-hybridized carbons (Fsp3) is 0.438. The number of fused-ring (bicyclic) bond motifs is 1. The first-order valence-electron chi connectivity index (χ1n) is 7.75. The van der Waals surface area contributed by atoms with E-state index in [1.807, 2.05) is 18.2 Å². The van der Waals surface area contributed by atoms with Crippen LogP contribution in [0.25, 0.3) is 21.3 Å². The zero-order valence-corrected chi connectivity index (χ0v) is 13.4. The Balaban J connectivity index is 1.59. The number of hydrogen-bond donors (Lipinski definition) is 2. The molecule has 1 aliphatic rings. The second kappa shape index (κ2) is 6.94. The van der Waals surface area contributed by atoms with Crippen molar-refractivity contribution in [1.82, 2.24) is 10.3 Å². The van der Waals surface area contributed by atoms with Crippen molar-refractivity contribution in [3.05, 3.63) is 45.4 Å². The smallest absolute Gasteiger partial charge is 0.267 e. The van der Waals surface area contributed by atoms with E-state index in [4.69, 9.17) is 17.1 Å². The summed E-state index contributed by atoms with van der Waals surface area (Å²) in [4.78, 5) is 18.3. The summed E-state index contributed by atoms with van der Waals surface area (Å²) in [5, 5.41) is 8.30. The SMILES string of the molecule is [N-]=[N+]=NCC1CCC(NC(=O)c2cc3cc(Cl)ccc3[nH]2)CC1. The van der Waals surface area contributed by atoms with Crippen LogP contribution in [-0.4, -0.2) is 23.5 Å². The molecule has 3 rings (SSSR count). The van der Waals surface area contributed by atoms with E-state index in [0.29, 0.717) is 23.2 Å². The molecule has 1 aromatic carbocycles. The number of amides is 1. The van der Waals surface area contributed by atoms with Gasteiger partial charge in [0.2, 0.25) is 0 Å². The molecule has 1 aromatic heterocycles. The van der Waals surface area contributed by atoms with Crippen molar-refractivity contribution < 1.29 is 4.79 Å². The molecule has 7 heteroatoms. The third-order valence-corrected chi connectivity index (χ3v) is 4.65. The Kier molecular flexibility index (Phi) is 4.74. The first kappa shape index (κ1) is 15.7. The Morgan fingerprint density at radius 3 is 2.87 bits per heavy atom. The number of aromatic nitrogens is 1. The van der Waals surface area contributed by atoms with Crippen molar-refractivity contribution in [2.45, 2.75) is 31.7 Å². The van der Waals surface area contributed by atoms with Crippen molar-refractivity contribution in [3.63, 3.8) is 0 Å². The summed E-state index contributed by atoms with van der Waals surface area (Å²) < 4.78 is 0. The lowest BCUT2D eigenvalue weighted by molar-refractivity contribution is 0.0918. The van der Waals surface area contributed by atoms with Crippen molar-refractivity contribution in [3.8, 4) is 0 Å². The Bertz CT molecular complexity index is 757. The molecule has 23 heavy (non-hydrogen) atoms. The number of azide groups is 1. The molecule has 6 nitrogen and oxygen atoms in total. The summed E-state index contributed by atoms with van der Waals surface area (Å²) in [6.45, 7) is 0.555. The maximum absolute atomic E-state index is 12.4. The molecule has 1 saturated carbocycles. The summed E-state index contributed by atoms with van der Waals surface area (Å²) in [6.07, 6.45) is 3.80. The van der Waals surface area contributed by atoms with Gasteiger partial charge < -0.3 is 10.3 Å². The summed E-state index contributed by atoms with van der Waals surface area (Å²) >= 11 is 5.97. The summed E-state index contributed by atoms with van der Waals surface area (Å²) in [5.74, 6) is 0.352. The lowest BCUT2D eigenvalue weighted by Gasteiger charge is -2.28. The summed E-state index contributed by atoms with van der Waals surface area (Å²) in [5.41, 5.74) is 9.82. The van der Waals surface area contributed by atoms with E-state index in [2.05, 4.69) is 20.3 Å². The van der Waals surface area contributed by atoms with Gasteiger partial charge in [-0.2, -0.15) is 0 Å². The molecule has 0 spiro atoms. The molecule has 0 saturated heterocycles. The van der Waals surface area contributed by atoms with Gasteiger partial charge in [0.05, 0.1) is 0 Å². The second-order valence-corrected chi connectivity index (χ2v) is 6.46. The molecule has 0 atom stereocenters. The highest BCUT2D eigenvalue weighted by molar-refractivity contribution is 6.31. The van der Waals surface area contributed by atoms with Crippen LogP contribution in [0.1, 0.15) is 36.2 Å². The van der Waals surface area contributed by atoms with Crippen molar-refractivity contribution in [2.24, 2.45) is 11.0 Å². The number of halogens is 1. The van der Waals surface area contributed by atoms with E-state index in [-0.39, 0.29) is 11.9 Å². The van der Waals surface area contributed by atoms with Crippen molar-refractivity contribution in [1.29, 1.82) is 0 Å². The number of aromatic amines is 1. The first-order valence-corrected chi connectivity index (χ1v) is 8.13. The van der Waals surface area contributed by atoms with Gasteiger partial charge in [0.25, 0.3) is 5.91 Å². The normalized spacial score (nSPS) is 20.9. The molecule has 120 valence electrons. The molecular formula is C16H18ClN5O. The molecule has 1 heterocycles. The molecule has 1 amide bonds. The molecule has 1 fully saturated rings. The maximum Gasteiger partial charge on any atom is 0.267 e. The monoisotopic (exact) mass is 331 g/mol.